The highest BCUT2D eigenvalue weighted by molar-refractivity contribution is 9.10. The van der Waals surface area contributed by atoms with E-state index in [-0.39, 0.29) is 5.78 Å². The van der Waals surface area contributed by atoms with Crippen molar-refractivity contribution < 1.29 is 14.3 Å². The molecule has 0 saturated carbocycles. The van der Waals surface area contributed by atoms with Gasteiger partial charge < -0.3 is 9.47 Å². The summed E-state index contributed by atoms with van der Waals surface area (Å²) < 4.78 is 11.9. The first-order valence-corrected chi connectivity index (χ1v) is 8.01. The maximum Gasteiger partial charge on any atom is 0.203 e. The predicted molar refractivity (Wildman–Crippen MR) is 84.2 cm³/mol. The Morgan fingerprint density at radius 3 is 2.45 bits per heavy atom. The molecule has 0 saturated heterocycles. The van der Waals surface area contributed by atoms with Crippen LogP contribution in [0.3, 0.4) is 0 Å². The van der Waals surface area contributed by atoms with Gasteiger partial charge in [0.25, 0.3) is 0 Å². The molecule has 1 heterocycles. The van der Waals surface area contributed by atoms with Crippen LogP contribution in [0.4, 0.5) is 0 Å². The Kier molecular flexibility index (Phi) is 5.20. The number of ether oxygens (including phenoxy) is 2. The third-order valence-electron chi connectivity index (χ3n) is 2.60. The topological polar surface area (TPSA) is 35.5 Å². The van der Waals surface area contributed by atoms with Crippen LogP contribution in [0.2, 0.25) is 0 Å². The molecule has 0 fully saturated rings. The van der Waals surface area contributed by atoms with Crippen LogP contribution >= 0.6 is 27.3 Å². The first-order valence-electron chi connectivity index (χ1n) is 6.34. The largest absolute Gasteiger partial charge is 0.490 e. The molecule has 0 bridgehead atoms. The molecule has 0 aliphatic carbocycles. The first kappa shape index (κ1) is 15.1. The molecule has 0 N–H and O–H groups in total. The van der Waals surface area contributed by atoms with Crippen LogP contribution in [0.5, 0.6) is 11.5 Å². The van der Waals surface area contributed by atoms with Crippen LogP contribution in [0.25, 0.3) is 0 Å². The Morgan fingerprint density at radius 2 is 1.85 bits per heavy atom. The highest BCUT2D eigenvalue weighted by Crippen LogP contribution is 2.30. The number of hydrogen-bond acceptors (Lipinski definition) is 4. The number of halogens is 1. The minimum Gasteiger partial charge on any atom is -0.490 e. The average molecular weight is 355 g/mol. The van der Waals surface area contributed by atoms with Crippen molar-refractivity contribution in [1.82, 2.24) is 0 Å². The van der Waals surface area contributed by atoms with Gasteiger partial charge in [-0.25, -0.2) is 0 Å². The fourth-order valence-electron chi connectivity index (χ4n) is 1.77. The maximum atomic E-state index is 12.4. The Balaban J connectivity index is 2.32. The van der Waals surface area contributed by atoms with Crippen molar-refractivity contribution in [2.75, 3.05) is 13.2 Å². The number of benzene rings is 1. The van der Waals surface area contributed by atoms with E-state index in [0.717, 1.165) is 4.47 Å². The third kappa shape index (κ3) is 3.41. The summed E-state index contributed by atoms with van der Waals surface area (Å²) in [6.07, 6.45) is 0. The van der Waals surface area contributed by atoms with Crippen molar-refractivity contribution in [2.45, 2.75) is 13.8 Å². The van der Waals surface area contributed by atoms with Crippen molar-refractivity contribution >= 4 is 33.0 Å². The lowest BCUT2D eigenvalue weighted by atomic mass is 10.1. The zero-order chi connectivity index (χ0) is 14.5. The lowest BCUT2D eigenvalue weighted by Crippen LogP contribution is -2.03. The summed E-state index contributed by atoms with van der Waals surface area (Å²) in [5.74, 6) is 1.26. The first-order chi connectivity index (χ1) is 9.65. The molecule has 0 radical (unpaired) electrons. The predicted octanol–water partition coefficient (Wildman–Crippen LogP) is 4.54. The SMILES string of the molecule is CCOc1ccc(C(=O)c2cc(Br)cs2)cc1OCC. The zero-order valence-electron chi connectivity index (χ0n) is 11.3. The van der Waals surface area contributed by atoms with Gasteiger partial charge in [-0.2, -0.15) is 0 Å². The van der Waals surface area contributed by atoms with E-state index in [1.54, 1.807) is 18.2 Å². The molecule has 3 nitrogen and oxygen atoms in total. The van der Waals surface area contributed by atoms with Gasteiger partial charge in [-0.1, -0.05) is 0 Å². The van der Waals surface area contributed by atoms with Gasteiger partial charge in [0.15, 0.2) is 11.5 Å². The van der Waals surface area contributed by atoms with E-state index in [4.69, 9.17) is 9.47 Å². The monoisotopic (exact) mass is 354 g/mol. The van der Waals surface area contributed by atoms with E-state index in [0.29, 0.717) is 35.2 Å². The fraction of sp³-hybridized carbons (Fsp3) is 0.267. The van der Waals surface area contributed by atoms with Gasteiger partial charge in [0.05, 0.1) is 18.1 Å². The van der Waals surface area contributed by atoms with Gasteiger partial charge in [-0.05, 0) is 54.0 Å². The van der Waals surface area contributed by atoms with Crippen molar-refractivity contribution in [3.63, 3.8) is 0 Å². The van der Waals surface area contributed by atoms with E-state index in [1.807, 2.05) is 25.3 Å². The summed E-state index contributed by atoms with van der Waals surface area (Å²) in [6.45, 7) is 4.91. The number of ketones is 1. The third-order valence-corrected chi connectivity index (χ3v) is 4.29. The summed E-state index contributed by atoms with van der Waals surface area (Å²) in [6, 6.07) is 7.11. The van der Waals surface area contributed by atoms with Crippen LogP contribution < -0.4 is 9.47 Å². The Hall–Kier alpha value is -1.33. The highest BCUT2D eigenvalue weighted by Gasteiger charge is 2.14. The molecule has 0 atom stereocenters. The van der Waals surface area contributed by atoms with Gasteiger partial charge in [-0.3, -0.25) is 4.79 Å². The van der Waals surface area contributed by atoms with Gasteiger partial charge in [-0.15, -0.1) is 11.3 Å². The maximum absolute atomic E-state index is 12.4. The number of thiophene rings is 1. The number of carbonyl (C=O) groups is 1. The van der Waals surface area contributed by atoms with E-state index in [9.17, 15) is 4.79 Å². The van der Waals surface area contributed by atoms with Crippen LogP contribution in [-0.4, -0.2) is 19.0 Å². The van der Waals surface area contributed by atoms with Crippen molar-refractivity contribution in [2.24, 2.45) is 0 Å². The number of rotatable bonds is 6. The molecule has 1 aromatic carbocycles. The second-order valence-electron chi connectivity index (χ2n) is 3.99. The molecule has 0 unspecified atom stereocenters. The molecule has 5 heteroatoms. The van der Waals surface area contributed by atoms with E-state index >= 15 is 0 Å². The quantitative estimate of drug-likeness (QED) is 0.714. The Morgan fingerprint density at radius 1 is 1.15 bits per heavy atom. The standard InChI is InChI=1S/C15H15BrO3S/c1-3-18-12-6-5-10(7-13(12)19-4-2)15(17)14-8-11(16)9-20-14/h5-9H,3-4H2,1-2H3. The second kappa shape index (κ2) is 6.90. The molecule has 1 aromatic heterocycles. The van der Waals surface area contributed by atoms with Gasteiger partial charge in [0, 0.05) is 15.4 Å². The van der Waals surface area contributed by atoms with E-state index in [2.05, 4.69) is 15.9 Å². The summed E-state index contributed by atoms with van der Waals surface area (Å²) in [4.78, 5) is 13.1. The minimum absolute atomic E-state index is 0.00954. The molecule has 0 amide bonds. The van der Waals surface area contributed by atoms with Gasteiger partial charge in [0.2, 0.25) is 5.78 Å². The van der Waals surface area contributed by atoms with Crippen LogP contribution in [-0.2, 0) is 0 Å². The average Bonchev–Trinajstić information content (AvgIpc) is 2.87. The smallest absolute Gasteiger partial charge is 0.203 e. The lowest BCUT2D eigenvalue weighted by Gasteiger charge is -2.11. The molecule has 2 aromatic rings. The molecule has 0 aliphatic rings. The molecular formula is C15H15BrO3S. The summed E-state index contributed by atoms with van der Waals surface area (Å²) in [7, 11) is 0. The molecule has 106 valence electrons. The summed E-state index contributed by atoms with van der Waals surface area (Å²) >= 11 is 4.78. The minimum atomic E-state index is -0.00954. The van der Waals surface area contributed by atoms with Gasteiger partial charge >= 0.3 is 0 Å². The van der Waals surface area contributed by atoms with Crippen LogP contribution in [0.15, 0.2) is 34.1 Å². The molecular weight excluding hydrogens is 340 g/mol. The van der Waals surface area contributed by atoms with Crippen molar-refractivity contribution in [3.8, 4) is 11.5 Å². The van der Waals surface area contributed by atoms with Crippen LogP contribution in [0.1, 0.15) is 29.1 Å². The molecule has 20 heavy (non-hydrogen) atoms. The summed E-state index contributed by atoms with van der Waals surface area (Å²) in [5, 5.41) is 1.89. The zero-order valence-corrected chi connectivity index (χ0v) is 13.7. The van der Waals surface area contributed by atoms with Crippen molar-refractivity contribution in [1.29, 1.82) is 0 Å². The van der Waals surface area contributed by atoms with E-state index in [1.165, 1.54) is 11.3 Å². The van der Waals surface area contributed by atoms with E-state index < -0.39 is 0 Å². The molecule has 0 aliphatic heterocycles. The second-order valence-corrected chi connectivity index (χ2v) is 5.81. The number of hydrogen-bond donors (Lipinski definition) is 0. The Bertz CT molecular complexity index is 607. The fourth-order valence-corrected chi connectivity index (χ4v) is 3.16. The van der Waals surface area contributed by atoms with Gasteiger partial charge in [0.1, 0.15) is 0 Å². The lowest BCUT2D eigenvalue weighted by molar-refractivity contribution is 0.104. The summed E-state index contributed by atoms with van der Waals surface area (Å²) in [5.41, 5.74) is 0.603. The highest BCUT2D eigenvalue weighted by atomic mass is 79.9. The molecule has 0 spiro atoms. The van der Waals surface area contributed by atoms with Crippen molar-refractivity contribution in [3.05, 3.63) is 44.6 Å². The Labute approximate surface area is 130 Å². The normalized spacial score (nSPS) is 10.3. The number of carbonyl (C=O) groups excluding carboxylic acids is 1. The molecule has 2 rings (SSSR count). The van der Waals surface area contributed by atoms with Crippen LogP contribution in [0, 0.1) is 0 Å².